The topological polar surface area (TPSA) is 63.7 Å². The third-order valence-corrected chi connectivity index (χ3v) is 6.61. The van der Waals surface area contributed by atoms with E-state index in [1.807, 2.05) is 24.3 Å². The van der Waals surface area contributed by atoms with E-state index in [0.717, 1.165) is 36.6 Å². The molecule has 2 heterocycles. The third kappa shape index (κ3) is 5.23. The molecule has 1 amide bonds. The van der Waals surface area contributed by atoms with E-state index >= 15 is 0 Å². The van der Waals surface area contributed by atoms with Gasteiger partial charge in [-0.15, -0.1) is 0 Å². The van der Waals surface area contributed by atoms with Gasteiger partial charge in [-0.2, -0.15) is 0 Å². The van der Waals surface area contributed by atoms with Crippen LogP contribution in [0.15, 0.2) is 66.9 Å². The molecule has 3 aromatic rings. The van der Waals surface area contributed by atoms with Crippen LogP contribution in [0.2, 0.25) is 0 Å². The second-order valence-corrected chi connectivity index (χ2v) is 8.59. The smallest absolute Gasteiger partial charge is 0.234 e. The molecular weight excluding hydrogens is 426 g/mol. The third-order valence-electron chi connectivity index (χ3n) is 6.61. The highest BCUT2D eigenvalue weighted by Crippen LogP contribution is 2.45. The minimum absolute atomic E-state index is 0.00231. The van der Waals surface area contributed by atoms with Crippen LogP contribution in [0.4, 0.5) is 0 Å². The highest BCUT2D eigenvalue weighted by Gasteiger charge is 2.35. The number of benzene rings is 2. The molecule has 6 heteroatoms. The molecule has 1 aliphatic rings. The van der Waals surface area contributed by atoms with Gasteiger partial charge >= 0.3 is 0 Å². The molecule has 0 bridgehead atoms. The molecule has 0 fully saturated rings. The lowest BCUT2D eigenvalue weighted by atomic mass is 9.79. The van der Waals surface area contributed by atoms with Crippen LogP contribution in [0.25, 0.3) is 0 Å². The van der Waals surface area contributed by atoms with Crippen molar-refractivity contribution in [2.75, 3.05) is 27.3 Å². The molecule has 0 spiro atoms. The van der Waals surface area contributed by atoms with E-state index in [1.165, 1.54) is 16.7 Å². The Balaban J connectivity index is 1.64. The zero-order chi connectivity index (χ0) is 23.9. The van der Waals surface area contributed by atoms with Crippen molar-refractivity contribution in [1.29, 1.82) is 0 Å². The molecule has 1 aliphatic heterocycles. The summed E-state index contributed by atoms with van der Waals surface area (Å²) in [4.78, 5) is 19.6. The number of ether oxygens (including phenoxy) is 2. The number of fused-ring (bicyclic) bond motifs is 1. The first-order valence-corrected chi connectivity index (χ1v) is 11.8. The lowest BCUT2D eigenvalue weighted by Crippen LogP contribution is -2.44. The Morgan fingerprint density at radius 3 is 2.50 bits per heavy atom. The van der Waals surface area contributed by atoms with Crippen LogP contribution in [0.3, 0.4) is 0 Å². The standard InChI is InChI=1S/C28H33N3O3/c1-4-23(20-10-6-5-7-11-20)28-24-17-26(34-3)25(33-2)16-21(24)13-15-31(28)19-27(32)30-18-22-12-8-9-14-29-22/h5-12,14,16-17,23,28H,4,13,15,18-19H2,1-3H3,(H,30,32). The monoisotopic (exact) mass is 459 g/mol. The summed E-state index contributed by atoms with van der Waals surface area (Å²) in [5, 5.41) is 3.04. The fourth-order valence-corrected chi connectivity index (χ4v) is 4.95. The lowest BCUT2D eigenvalue weighted by Gasteiger charge is -2.41. The summed E-state index contributed by atoms with van der Waals surface area (Å²) in [6, 6.07) is 20.5. The zero-order valence-electron chi connectivity index (χ0n) is 20.2. The Bertz CT molecular complexity index is 1090. The highest BCUT2D eigenvalue weighted by atomic mass is 16.5. The number of hydrogen-bond donors (Lipinski definition) is 1. The largest absolute Gasteiger partial charge is 0.493 e. The highest BCUT2D eigenvalue weighted by molar-refractivity contribution is 5.78. The molecule has 0 saturated heterocycles. The SMILES string of the molecule is CCC(c1ccccc1)C1c2cc(OC)c(OC)cc2CCN1CC(=O)NCc1ccccn1. The van der Waals surface area contributed by atoms with Gasteiger partial charge in [-0.1, -0.05) is 43.3 Å². The van der Waals surface area contributed by atoms with Crippen LogP contribution in [0.1, 0.15) is 47.7 Å². The van der Waals surface area contributed by atoms with Gasteiger partial charge in [0.1, 0.15) is 0 Å². The average Bonchev–Trinajstić information content (AvgIpc) is 2.89. The van der Waals surface area contributed by atoms with Crippen LogP contribution in [-0.2, 0) is 17.8 Å². The quantitative estimate of drug-likeness (QED) is 0.510. The van der Waals surface area contributed by atoms with E-state index in [2.05, 4.69) is 58.5 Å². The maximum absolute atomic E-state index is 13.0. The van der Waals surface area contributed by atoms with E-state index < -0.39 is 0 Å². The van der Waals surface area contributed by atoms with Crippen LogP contribution in [-0.4, -0.2) is 43.1 Å². The summed E-state index contributed by atoms with van der Waals surface area (Å²) < 4.78 is 11.2. The van der Waals surface area contributed by atoms with Gasteiger partial charge in [0, 0.05) is 24.7 Å². The molecule has 34 heavy (non-hydrogen) atoms. The summed E-state index contributed by atoms with van der Waals surface area (Å²) in [6.07, 6.45) is 3.55. The normalized spacial score (nSPS) is 16.4. The van der Waals surface area contributed by atoms with Gasteiger partial charge in [-0.3, -0.25) is 14.7 Å². The number of carbonyl (C=O) groups excluding carboxylic acids is 1. The van der Waals surface area contributed by atoms with Gasteiger partial charge in [0.2, 0.25) is 5.91 Å². The van der Waals surface area contributed by atoms with Crippen molar-refractivity contribution in [3.63, 3.8) is 0 Å². The van der Waals surface area contributed by atoms with Crippen LogP contribution < -0.4 is 14.8 Å². The summed E-state index contributed by atoms with van der Waals surface area (Å²) in [5.74, 6) is 1.70. The molecule has 1 N–H and O–H groups in total. The summed E-state index contributed by atoms with van der Waals surface area (Å²) >= 11 is 0. The van der Waals surface area contributed by atoms with Crippen molar-refractivity contribution < 1.29 is 14.3 Å². The number of methoxy groups -OCH3 is 2. The second-order valence-electron chi connectivity index (χ2n) is 8.59. The Hall–Kier alpha value is -3.38. The molecule has 0 saturated carbocycles. The molecule has 2 atom stereocenters. The van der Waals surface area contributed by atoms with Gasteiger partial charge in [-0.05, 0) is 53.8 Å². The fraction of sp³-hybridized carbons (Fsp3) is 0.357. The molecule has 2 aromatic carbocycles. The minimum atomic E-state index is 0.00231. The number of hydrogen-bond acceptors (Lipinski definition) is 5. The van der Waals surface area contributed by atoms with Gasteiger partial charge in [0.25, 0.3) is 0 Å². The number of nitrogens with zero attached hydrogens (tertiary/aromatic N) is 2. The van der Waals surface area contributed by atoms with Crippen LogP contribution in [0.5, 0.6) is 11.5 Å². The number of amides is 1. The van der Waals surface area contributed by atoms with E-state index in [4.69, 9.17) is 9.47 Å². The van der Waals surface area contributed by atoms with Crippen LogP contribution in [0, 0.1) is 0 Å². The molecule has 2 unspecified atom stereocenters. The van der Waals surface area contributed by atoms with Gasteiger partial charge in [0.05, 0.1) is 33.0 Å². The lowest BCUT2D eigenvalue weighted by molar-refractivity contribution is -0.123. The Morgan fingerprint density at radius 1 is 1.09 bits per heavy atom. The predicted molar refractivity (Wildman–Crippen MR) is 133 cm³/mol. The van der Waals surface area contributed by atoms with Gasteiger partial charge in [0.15, 0.2) is 11.5 Å². The maximum atomic E-state index is 13.0. The van der Waals surface area contributed by atoms with E-state index in [0.29, 0.717) is 13.1 Å². The van der Waals surface area contributed by atoms with Crippen molar-refractivity contribution in [1.82, 2.24) is 15.2 Å². The average molecular weight is 460 g/mol. The zero-order valence-corrected chi connectivity index (χ0v) is 20.2. The Labute approximate surface area is 201 Å². The summed E-state index contributed by atoms with van der Waals surface area (Å²) in [7, 11) is 3.33. The first-order chi connectivity index (χ1) is 16.6. The molecule has 1 aromatic heterocycles. The van der Waals surface area contributed by atoms with Crippen molar-refractivity contribution in [2.24, 2.45) is 0 Å². The molecule has 0 aliphatic carbocycles. The predicted octanol–water partition coefficient (Wildman–Crippen LogP) is 4.51. The summed E-state index contributed by atoms with van der Waals surface area (Å²) in [5.41, 5.74) is 4.58. The molecule has 4 rings (SSSR count). The molecule has 6 nitrogen and oxygen atoms in total. The fourth-order valence-electron chi connectivity index (χ4n) is 4.95. The molecular formula is C28H33N3O3. The maximum Gasteiger partial charge on any atom is 0.234 e. The van der Waals surface area contributed by atoms with E-state index in [9.17, 15) is 4.79 Å². The number of rotatable bonds is 9. The second kappa shape index (κ2) is 11.2. The van der Waals surface area contributed by atoms with Crippen molar-refractivity contribution in [2.45, 2.75) is 38.3 Å². The Kier molecular flexibility index (Phi) is 7.80. The molecule has 178 valence electrons. The first kappa shape index (κ1) is 23.8. The Morgan fingerprint density at radius 2 is 1.82 bits per heavy atom. The summed E-state index contributed by atoms with van der Waals surface area (Å²) in [6.45, 7) is 3.77. The van der Waals surface area contributed by atoms with Gasteiger partial charge in [-0.25, -0.2) is 0 Å². The number of pyridine rings is 1. The van der Waals surface area contributed by atoms with Crippen LogP contribution >= 0.6 is 0 Å². The first-order valence-electron chi connectivity index (χ1n) is 11.8. The number of aromatic nitrogens is 1. The number of nitrogens with one attached hydrogen (secondary N) is 1. The van der Waals surface area contributed by atoms with E-state index in [-0.39, 0.29) is 17.9 Å². The van der Waals surface area contributed by atoms with E-state index in [1.54, 1.807) is 20.4 Å². The number of carbonyl (C=O) groups is 1. The van der Waals surface area contributed by atoms with Crippen molar-refractivity contribution in [3.05, 3.63) is 89.2 Å². The van der Waals surface area contributed by atoms with Crippen molar-refractivity contribution >= 4 is 5.91 Å². The minimum Gasteiger partial charge on any atom is -0.493 e. The van der Waals surface area contributed by atoms with Gasteiger partial charge < -0.3 is 14.8 Å². The molecule has 0 radical (unpaired) electrons. The van der Waals surface area contributed by atoms with Crippen molar-refractivity contribution in [3.8, 4) is 11.5 Å².